The predicted molar refractivity (Wildman–Crippen MR) is 33.5 cm³/mol. The van der Waals surface area contributed by atoms with Crippen LogP contribution in [0.25, 0.3) is 0 Å². The highest BCUT2D eigenvalue weighted by atomic mass is 79.9. The van der Waals surface area contributed by atoms with Crippen molar-refractivity contribution in [1.82, 2.24) is 4.90 Å². The average Bonchev–Trinajstić information content (AvgIpc) is 1.72. The van der Waals surface area contributed by atoms with E-state index in [0.29, 0.717) is 0 Å². The summed E-state index contributed by atoms with van der Waals surface area (Å²) in [6.45, 7) is 10.1. The Morgan fingerprint density at radius 1 is 0.875 bits per heavy atom. The van der Waals surface area contributed by atoms with Crippen LogP contribution in [0.5, 0.6) is 0 Å². The molecule has 0 aliphatic rings. The molecule has 0 N–H and O–H groups in total. The quantitative estimate of drug-likeness (QED) is 0.504. The summed E-state index contributed by atoms with van der Waals surface area (Å²) in [6.07, 6.45) is 0. The highest BCUT2D eigenvalue weighted by Gasteiger charge is 1.89. The number of rotatable bonds is 3. The van der Waals surface area contributed by atoms with Crippen LogP contribution in [-0.4, -0.2) is 24.5 Å². The first-order chi connectivity index (χ1) is 3.35. The molecule has 0 saturated carbocycles. The average molecular weight is 181 g/mol. The van der Waals surface area contributed by atoms with Crippen molar-refractivity contribution in [3.63, 3.8) is 0 Å². The van der Waals surface area contributed by atoms with Gasteiger partial charge in [-0.05, 0) is 19.6 Å². The molecule has 0 saturated heterocycles. The standard InChI is InChI=1S/C6H15N.BrH/c1-4-7(5-2)6-3;/h4-6H2,1-3H3;1H/p-1. The summed E-state index contributed by atoms with van der Waals surface area (Å²) >= 11 is 0. The Kier molecular flexibility index (Phi) is 10.5. The third kappa shape index (κ3) is 4.60. The maximum absolute atomic E-state index is 2.38. The van der Waals surface area contributed by atoms with Gasteiger partial charge in [-0.2, -0.15) is 0 Å². The molecular formula is C6H15BrN-. The molecule has 0 aliphatic heterocycles. The van der Waals surface area contributed by atoms with Crippen molar-refractivity contribution in [3.8, 4) is 0 Å². The summed E-state index contributed by atoms with van der Waals surface area (Å²) in [5.41, 5.74) is 0. The van der Waals surface area contributed by atoms with Crippen LogP contribution in [0.4, 0.5) is 0 Å². The largest absolute Gasteiger partial charge is 1.00 e. The van der Waals surface area contributed by atoms with Gasteiger partial charge in [-0.25, -0.2) is 0 Å². The summed E-state index contributed by atoms with van der Waals surface area (Å²) in [4.78, 5) is 2.38. The Balaban J connectivity index is 0. The van der Waals surface area contributed by atoms with Gasteiger partial charge in [-0.1, -0.05) is 20.8 Å². The third-order valence-electron chi connectivity index (χ3n) is 1.34. The summed E-state index contributed by atoms with van der Waals surface area (Å²) in [6, 6.07) is 0. The number of hydrogen-bond donors (Lipinski definition) is 0. The van der Waals surface area contributed by atoms with Crippen molar-refractivity contribution in [2.24, 2.45) is 0 Å². The minimum Gasteiger partial charge on any atom is -1.00 e. The van der Waals surface area contributed by atoms with E-state index in [1.807, 2.05) is 0 Å². The van der Waals surface area contributed by atoms with Crippen molar-refractivity contribution in [3.05, 3.63) is 0 Å². The molecule has 0 spiro atoms. The summed E-state index contributed by atoms with van der Waals surface area (Å²) in [5.74, 6) is 0. The highest BCUT2D eigenvalue weighted by Crippen LogP contribution is 1.81. The molecule has 0 aromatic carbocycles. The molecule has 0 unspecified atom stereocenters. The molecule has 0 aromatic heterocycles. The van der Waals surface area contributed by atoms with Gasteiger partial charge in [0.15, 0.2) is 0 Å². The molecule has 2 heteroatoms. The van der Waals surface area contributed by atoms with Gasteiger partial charge in [0.2, 0.25) is 0 Å². The van der Waals surface area contributed by atoms with E-state index in [0.717, 1.165) is 0 Å². The van der Waals surface area contributed by atoms with Gasteiger partial charge in [0.25, 0.3) is 0 Å². The van der Waals surface area contributed by atoms with E-state index in [2.05, 4.69) is 25.7 Å². The highest BCUT2D eigenvalue weighted by molar-refractivity contribution is 4.43. The molecule has 52 valence electrons. The maximum atomic E-state index is 2.38. The molecule has 0 radical (unpaired) electrons. The number of nitrogens with zero attached hydrogens (tertiary/aromatic N) is 1. The topological polar surface area (TPSA) is 3.24 Å². The van der Waals surface area contributed by atoms with Crippen LogP contribution < -0.4 is 17.0 Å². The van der Waals surface area contributed by atoms with Gasteiger partial charge in [-0.15, -0.1) is 0 Å². The first-order valence-electron chi connectivity index (χ1n) is 3.07. The third-order valence-corrected chi connectivity index (χ3v) is 1.34. The first kappa shape index (κ1) is 11.3. The lowest BCUT2D eigenvalue weighted by Gasteiger charge is -2.13. The molecule has 0 rings (SSSR count). The van der Waals surface area contributed by atoms with E-state index in [9.17, 15) is 0 Å². The fraction of sp³-hybridized carbons (Fsp3) is 1.00. The molecule has 0 fully saturated rings. The minimum atomic E-state index is 0. The Labute approximate surface area is 62.8 Å². The molecular weight excluding hydrogens is 166 g/mol. The van der Waals surface area contributed by atoms with Crippen LogP contribution >= 0.6 is 0 Å². The van der Waals surface area contributed by atoms with E-state index >= 15 is 0 Å². The SMILES string of the molecule is CCN(CC)CC.[Br-]. The molecule has 0 aliphatic carbocycles. The summed E-state index contributed by atoms with van der Waals surface area (Å²) in [7, 11) is 0. The zero-order valence-corrected chi connectivity index (χ0v) is 7.53. The lowest BCUT2D eigenvalue weighted by molar-refractivity contribution is -0.00000175. The van der Waals surface area contributed by atoms with Crippen molar-refractivity contribution in [2.45, 2.75) is 20.8 Å². The molecule has 0 amide bonds. The zero-order chi connectivity index (χ0) is 5.70. The Bertz CT molecular complexity index is 30.0. The Morgan fingerprint density at radius 2 is 1.12 bits per heavy atom. The molecule has 1 nitrogen and oxygen atoms in total. The lowest BCUT2D eigenvalue weighted by Crippen LogP contribution is -3.00. The number of hydrogen-bond acceptors (Lipinski definition) is 1. The molecule has 0 bridgehead atoms. The summed E-state index contributed by atoms with van der Waals surface area (Å²) in [5, 5.41) is 0. The van der Waals surface area contributed by atoms with Crippen LogP contribution in [0, 0.1) is 0 Å². The van der Waals surface area contributed by atoms with Crippen molar-refractivity contribution in [2.75, 3.05) is 19.6 Å². The normalized spacial score (nSPS) is 9.00. The lowest BCUT2D eigenvalue weighted by atomic mass is 10.5. The molecule has 0 aromatic rings. The maximum Gasteiger partial charge on any atom is -0.00474 e. The molecule has 8 heavy (non-hydrogen) atoms. The molecule has 0 heterocycles. The molecule has 0 atom stereocenters. The van der Waals surface area contributed by atoms with Gasteiger partial charge in [0.05, 0.1) is 0 Å². The Morgan fingerprint density at radius 3 is 1.12 bits per heavy atom. The number of halogens is 1. The predicted octanol–water partition coefficient (Wildman–Crippen LogP) is -1.65. The second kappa shape index (κ2) is 7.44. The second-order valence-corrected chi connectivity index (χ2v) is 1.62. The van der Waals surface area contributed by atoms with E-state index < -0.39 is 0 Å². The van der Waals surface area contributed by atoms with Crippen LogP contribution in [0.1, 0.15) is 20.8 Å². The smallest absolute Gasteiger partial charge is 0.00474 e. The Hall–Kier alpha value is 0.440. The minimum absolute atomic E-state index is 0. The van der Waals surface area contributed by atoms with Gasteiger partial charge >= 0.3 is 0 Å². The fourth-order valence-electron chi connectivity index (χ4n) is 0.671. The van der Waals surface area contributed by atoms with Crippen LogP contribution in [-0.2, 0) is 0 Å². The van der Waals surface area contributed by atoms with Crippen LogP contribution in [0.15, 0.2) is 0 Å². The van der Waals surface area contributed by atoms with Gasteiger partial charge in [-0.3, -0.25) is 0 Å². The fourth-order valence-corrected chi connectivity index (χ4v) is 0.671. The van der Waals surface area contributed by atoms with E-state index in [-0.39, 0.29) is 17.0 Å². The van der Waals surface area contributed by atoms with Crippen LogP contribution in [0.3, 0.4) is 0 Å². The van der Waals surface area contributed by atoms with Crippen molar-refractivity contribution in [1.29, 1.82) is 0 Å². The summed E-state index contributed by atoms with van der Waals surface area (Å²) < 4.78 is 0. The van der Waals surface area contributed by atoms with E-state index in [1.54, 1.807) is 0 Å². The first-order valence-corrected chi connectivity index (χ1v) is 3.07. The van der Waals surface area contributed by atoms with Gasteiger partial charge in [0, 0.05) is 0 Å². The van der Waals surface area contributed by atoms with Gasteiger partial charge in [0.1, 0.15) is 0 Å². The van der Waals surface area contributed by atoms with Gasteiger partial charge < -0.3 is 21.9 Å². The zero-order valence-electron chi connectivity index (χ0n) is 5.95. The monoisotopic (exact) mass is 180 g/mol. The van der Waals surface area contributed by atoms with E-state index in [4.69, 9.17) is 0 Å². The van der Waals surface area contributed by atoms with Crippen molar-refractivity contribution >= 4 is 0 Å². The second-order valence-electron chi connectivity index (χ2n) is 1.62. The van der Waals surface area contributed by atoms with Crippen molar-refractivity contribution < 1.29 is 17.0 Å². The van der Waals surface area contributed by atoms with E-state index in [1.165, 1.54) is 19.6 Å². The van der Waals surface area contributed by atoms with Crippen LogP contribution in [0.2, 0.25) is 0 Å².